The molecule has 1 unspecified atom stereocenters. The predicted octanol–water partition coefficient (Wildman–Crippen LogP) is 1.16. The molecule has 0 aromatic rings. The molecule has 9 heteroatoms. The van der Waals surface area contributed by atoms with Crippen molar-refractivity contribution in [1.29, 1.82) is 5.41 Å². The molecular formula is C9H18F3N3O2S. The van der Waals surface area contributed by atoms with Gasteiger partial charge in [-0.05, 0) is 6.42 Å². The Morgan fingerprint density at radius 3 is 2.33 bits per heavy atom. The lowest BCUT2D eigenvalue weighted by atomic mass is 10.2. The molecule has 0 saturated heterocycles. The zero-order chi connectivity index (χ0) is 14.6. The number of sulfonamides is 1. The van der Waals surface area contributed by atoms with E-state index in [0.29, 0.717) is 0 Å². The van der Waals surface area contributed by atoms with Gasteiger partial charge in [0.05, 0.1) is 11.6 Å². The summed E-state index contributed by atoms with van der Waals surface area (Å²) in [6.45, 7) is 1.56. The first-order valence-corrected chi connectivity index (χ1v) is 6.91. The van der Waals surface area contributed by atoms with Gasteiger partial charge in [0, 0.05) is 25.9 Å². The summed E-state index contributed by atoms with van der Waals surface area (Å²) < 4.78 is 59.9. The highest BCUT2D eigenvalue weighted by Crippen LogP contribution is 2.22. The van der Waals surface area contributed by atoms with Crippen LogP contribution < -0.4 is 5.73 Å². The van der Waals surface area contributed by atoms with Crippen LogP contribution in [0.5, 0.6) is 0 Å². The Labute approximate surface area is 105 Å². The van der Waals surface area contributed by atoms with E-state index >= 15 is 0 Å². The number of rotatable bonds is 7. The molecule has 0 rings (SSSR count). The average molecular weight is 289 g/mol. The summed E-state index contributed by atoms with van der Waals surface area (Å²) in [5.74, 6) is -1.19. The van der Waals surface area contributed by atoms with E-state index in [4.69, 9.17) is 11.1 Å². The molecule has 5 nitrogen and oxygen atoms in total. The van der Waals surface area contributed by atoms with Crippen molar-refractivity contribution >= 4 is 15.9 Å². The molecule has 18 heavy (non-hydrogen) atoms. The Morgan fingerprint density at radius 2 is 1.94 bits per heavy atom. The standard InChI is InChI=1S/C9H18F3N3O2S/c1-7(8(13)14)6-15(2)18(16,17)5-3-4-9(10,11)12/h7H,3-6H2,1-2H3,(H3,13,14). The monoisotopic (exact) mass is 289 g/mol. The van der Waals surface area contributed by atoms with Crippen LogP contribution in [0.4, 0.5) is 13.2 Å². The molecule has 0 heterocycles. The lowest BCUT2D eigenvalue weighted by Gasteiger charge is -2.20. The smallest absolute Gasteiger partial charge is 0.387 e. The molecular weight excluding hydrogens is 271 g/mol. The first-order valence-electron chi connectivity index (χ1n) is 5.30. The van der Waals surface area contributed by atoms with Gasteiger partial charge in [-0.25, -0.2) is 12.7 Å². The molecule has 0 spiro atoms. The van der Waals surface area contributed by atoms with E-state index in [1.165, 1.54) is 7.05 Å². The number of halogens is 3. The Kier molecular flexibility index (Phi) is 6.08. The molecule has 0 aromatic heterocycles. The lowest BCUT2D eigenvalue weighted by Crippen LogP contribution is -2.37. The second-order valence-corrected chi connectivity index (χ2v) is 6.37. The number of nitrogens with two attached hydrogens (primary N) is 1. The van der Waals surface area contributed by atoms with Gasteiger partial charge in [-0.15, -0.1) is 0 Å². The molecule has 0 aromatic carbocycles. The van der Waals surface area contributed by atoms with Crippen LogP contribution in [0, 0.1) is 11.3 Å². The van der Waals surface area contributed by atoms with Gasteiger partial charge >= 0.3 is 6.18 Å². The van der Waals surface area contributed by atoms with Crippen LogP contribution in [-0.2, 0) is 10.0 Å². The van der Waals surface area contributed by atoms with E-state index in [-0.39, 0.29) is 12.4 Å². The summed E-state index contributed by atoms with van der Waals surface area (Å²) >= 11 is 0. The Hall–Kier alpha value is -0.830. The van der Waals surface area contributed by atoms with Crippen molar-refractivity contribution in [3.05, 3.63) is 0 Å². The summed E-state index contributed by atoms with van der Waals surface area (Å²) in [6, 6.07) is 0. The van der Waals surface area contributed by atoms with Crippen LogP contribution >= 0.6 is 0 Å². The first kappa shape index (κ1) is 17.2. The molecule has 3 N–H and O–H groups in total. The first-order chi connectivity index (χ1) is 7.96. The number of amidine groups is 1. The Bertz CT molecular complexity index is 381. The predicted molar refractivity (Wildman–Crippen MR) is 62.8 cm³/mol. The van der Waals surface area contributed by atoms with Crippen molar-refractivity contribution in [3.63, 3.8) is 0 Å². The van der Waals surface area contributed by atoms with E-state index in [9.17, 15) is 21.6 Å². The molecule has 108 valence electrons. The fourth-order valence-corrected chi connectivity index (χ4v) is 2.48. The van der Waals surface area contributed by atoms with Crippen molar-refractivity contribution in [1.82, 2.24) is 4.31 Å². The van der Waals surface area contributed by atoms with Crippen molar-refractivity contribution in [2.24, 2.45) is 11.7 Å². The maximum Gasteiger partial charge on any atom is 0.389 e. The maximum atomic E-state index is 11.9. The molecule has 0 radical (unpaired) electrons. The van der Waals surface area contributed by atoms with Crippen molar-refractivity contribution < 1.29 is 21.6 Å². The van der Waals surface area contributed by atoms with Crippen LogP contribution in [-0.4, -0.2) is 44.1 Å². The molecule has 0 aliphatic heterocycles. The number of nitrogens with one attached hydrogen (secondary N) is 1. The second kappa shape index (κ2) is 6.37. The maximum absolute atomic E-state index is 11.9. The topological polar surface area (TPSA) is 87.2 Å². The third kappa shape index (κ3) is 6.80. The zero-order valence-electron chi connectivity index (χ0n) is 10.3. The fraction of sp³-hybridized carbons (Fsp3) is 0.889. The Morgan fingerprint density at radius 1 is 1.44 bits per heavy atom. The van der Waals surface area contributed by atoms with Gasteiger partial charge in [0.25, 0.3) is 0 Å². The van der Waals surface area contributed by atoms with Gasteiger partial charge < -0.3 is 5.73 Å². The average Bonchev–Trinajstić information content (AvgIpc) is 2.14. The lowest BCUT2D eigenvalue weighted by molar-refractivity contribution is -0.134. The molecule has 0 fully saturated rings. The summed E-state index contributed by atoms with van der Waals surface area (Å²) in [5, 5.41) is 7.13. The zero-order valence-corrected chi connectivity index (χ0v) is 11.1. The molecule has 0 amide bonds. The minimum absolute atomic E-state index is 0.0102. The van der Waals surface area contributed by atoms with Gasteiger partial charge in [0.15, 0.2) is 0 Å². The van der Waals surface area contributed by atoms with E-state index in [2.05, 4.69) is 0 Å². The second-order valence-electron chi connectivity index (χ2n) is 4.17. The third-order valence-corrected chi connectivity index (χ3v) is 4.30. The normalized spacial score (nSPS) is 14.8. The highest BCUT2D eigenvalue weighted by Gasteiger charge is 2.28. The summed E-state index contributed by atoms with van der Waals surface area (Å²) in [5.41, 5.74) is 5.20. The van der Waals surface area contributed by atoms with Crippen molar-refractivity contribution in [2.45, 2.75) is 25.9 Å². The fourth-order valence-electron chi connectivity index (χ4n) is 1.21. The van der Waals surface area contributed by atoms with Gasteiger partial charge in [0.1, 0.15) is 0 Å². The Balaban J connectivity index is 4.33. The minimum Gasteiger partial charge on any atom is -0.387 e. The quantitative estimate of drug-likeness (QED) is 0.544. The highest BCUT2D eigenvalue weighted by molar-refractivity contribution is 7.89. The molecule has 0 bridgehead atoms. The summed E-state index contributed by atoms with van der Waals surface area (Å²) in [6.07, 6.45) is -5.94. The van der Waals surface area contributed by atoms with Crippen molar-refractivity contribution in [2.75, 3.05) is 19.3 Å². The van der Waals surface area contributed by atoms with E-state index in [0.717, 1.165) is 4.31 Å². The molecule has 0 aliphatic rings. The van der Waals surface area contributed by atoms with Crippen LogP contribution in [0.3, 0.4) is 0 Å². The largest absolute Gasteiger partial charge is 0.389 e. The van der Waals surface area contributed by atoms with Crippen molar-refractivity contribution in [3.8, 4) is 0 Å². The minimum atomic E-state index is -4.35. The van der Waals surface area contributed by atoms with E-state index in [1.807, 2.05) is 0 Å². The number of hydrogen-bond acceptors (Lipinski definition) is 3. The number of alkyl halides is 3. The molecule has 0 aliphatic carbocycles. The van der Waals surface area contributed by atoms with Gasteiger partial charge in [-0.3, -0.25) is 5.41 Å². The van der Waals surface area contributed by atoms with Crippen LogP contribution in [0.2, 0.25) is 0 Å². The van der Waals surface area contributed by atoms with Gasteiger partial charge in [0.2, 0.25) is 10.0 Å². The van der Waals surface area contributed by atoms with Gasteiger partial charge in [-0.2, -0.15) is 13.2 Å². The SMILES string of the molecule is CC(CN(C)S(=O)(=O)CCCC(F)(F)F)C(=N)N. The highest BCUT2D eigenvalue weighted by atomic mass is 32.2. The summed E-state index contributed by atoms with van der Waals surface area (Å²) in [7, 11) is -2.46. The third-order valence-electron chi connectivity index (χ3n) is 2.40. The van der Waals surface area contributed by atoms with Crippen LogP contribution in [0.25, 0.3) is 0 Å². The van der Waals surface area contributed by atoms with Crippen LogP contribution in [0.1, 0.15) is 19.8 Å². The number of nitrogens with zero attached hydrogens (tertiary/aromatic N) is 1. The van der Waals surface area contributed by atoms with Gasteiger partial charge in [-0.1, -0.05) is 6.92 Å². The summed E-state index contributed by atoms with van der Waals surface area (Å²) in [4.78, 5) is 0. The van der Waals surface area contributed by atoms with Crippen LogP contribution in [0.15, 0.2) is 0 Å². The van der Waals surface area contributed by atoms with E-state index < -0.39 is 40.7 Å². The van der Waals surface area contributed by atoms with E-state index in [1.54, 1.807) is 6.92 Å². The molecule has 1 atom stereocenters. The number of hydrogen-bond donors (Lipinski definition) is 2. The molecule has 0 saturated carbocycles.